The van der Waals surface area contributed by atoms with Crippen LogP contribution in [-0.4, -0.2) is 11.0 Å². The molecule has 3 heteroatoms. The summed E-state index contributed by atoms with van der Waals surface area (Å²) in [6, 6.07) is 1.97. The highest BCUT2D eigenvalue weighted by molar-refractivity contribution is 6.00. The van der Waals surface area contributed by atoms with Crippen molar-refractivity contribution in [1.82, 2.24) is 0 Å². The monoisotopic (exact) mass is 233 g/mol. The Labute approximate surface area is 102 Å². The summed E-state index contributed by atoms with van der Waals surface area (Å²) >= 11 is 0. The topological polar surface area (TPSA) is 49.3 Å². The summed E-state index contributed by atoms with van der Waals surface area (Å²) in [5.41, 5.74) is 5.04. The van der Waals surface area contributed by atoms with Crippen LogP contribution in [0, 0.1) is 19.8 Å². The number of fused-ring (bicyclic) bond motifs is 1. The number of carbonyl (C=O) groups excluding carboxylic acids is 1. The Balaban J connectivity index is 2.54. The Hall–Kier alpha value is -1.35. The van der Waals surface area contributed by atoms with Crippen LogP contribution in [-0.2, 0) is 11.2 Å². The Bertz CT molecular complexity index is 478. The molecule has 0 fully saturated rings. The minimum Gasteiger partial charge on any atom is -0.388 e. The Morgan fingerprint density at radius 3 is 2.53 bits per heavy atom. The van der Waals surface area contributed by atoms with Crippen molar-refractivity contribution in [2.45, 2.75) is 40.2 Å². The molecule has 0 saturated heterocycles. The van der Waals surface area contributed by atoms with Crippen molar-refractivity contribution in [3.05, 3.63) is 28.3 Å². The van der Waals surface area contributed by atoms with E-state index in [1.54, 1.807) is 0 Å². The maximum Gasteiger partial charge on any atom is 0.228 e. The maximum absolute atomic E-state index is 11.4. The fraction of sp³-hybridized carbons (Fsp3) is 0.500. The van der Waals surface area contributed by atoms with Gasteiger partial charge in [-0.15, -0.1) is 0 Å². The third kappa shape index (κ3) is 1.95. The van der Waals surface area contributed by atoms with Crippen LogP contribution in [0.2, 0.25) is 0 Å². The highest BCUT2D eigenvalue weighted by Gasteiger charge is 2.25. The number of anilines is 1. The summed E-state index contributed by atoms with van der Waals surface area (Å²) in [4.78, 5) is 11.4. The summed E-state index contributed by atoms with van der Waals surface area (Å²) < 4.78 is 0. The fourth-order valence-corrected chi connectivity index (χ4v) is 2.35. The van der Waals surface area contributed by atoms with Crippen LogP contribution in [0.4, 0.5) is 5.69 Å². The van der Waals surface area contributed by atoms with Crippen LogP contribution in [0.25, 0.3) is 0 Å². The number of hydrogen-bond donors (Lipinski definition) is 2. The smallest absolute Gasteiger partial charge is 0.228 e. The molecule has 92 valence electrons. The van der Waals surface area contributed by atoms with Gasteiger partial charge in [0.1, 0.15) is 0 Å². The molecule has 3 nitrogen and oxygen atoms in total. The second kappa shape index (κ2) is 4.15. The van der Waals surface area contributed by atoms with Gasteiger partial charge in [-0.05, 0) is 42.0 Å². The van der Waals surface area contributed by atoms with E-state index in [0.717, 1.165) is 27.9 Å². The minimum absolute atomic E-state index is 0.0405. The number of carbonyl (C=O) groups is 1. The first-order chi connectivity index (χ1) is 7.91. The predicted octanol–water partition coefficient (Wildman–Crippen LogP) is 2.49. The minimum atomic E-state index is -0.463. The van der Waals surface area contributed by atoms with Gasteiger partial charge in [-0.25, -0.2) is 0 Å². The molecule has 1 unspecified atom stereocenters. The molecule has 1 aromatic carbocycles. The molecule has 2 rings (SSSR count). The van der Waals surface area contributed by atoms with Crippen LogP contribution in [0.5, 0.6) is 0 Å². The van der Waals surface area contributed by atoms with Gasteiger partial charge in [0.25, 0.3) is 0 Å². The predicted molar refractivity (Wildman–Crippen MR) is 68.0 cm³/mol. The number of aliphatic hydroxyl groups excluding tert-OH is 1. The van der Waals surface area contributed by atoms with Gasteiger partial charge in [0.05, 0.1) is 12.5 Å². The fourth-order valence-electron chi connectivity index (χ4n) is 2.35. The van der Waals surface area contributed by atoms with Gasteiger partial charge in [0.2, 0.25) is 5.91 Å². The average molecular weight is 233 g/mol. The van der Waals surface area contributed by atoms with Gasteiger partial charge in [-0.1, -0.05) is 19.9 Å². The van der Waals surface area contributed by atoms with Crippen LogP contribution < -0.4 is 5.32 Å². The largest absolute Gasteiger partial charge is 0.388 e. The normalized spacial score (nSPS) is 16.0. The van der Waals surface area contributed by atoms with E-state index in [0.29, 0.717) is 6.42 Å². The van der Waals surface area contributed by atoms with Gasteiger partial charge in [-0.3, -0.25) is 4.79 Å². The van der Waals surface area contributed by atoms with Crippen LogP contribution in [0.15, 0.2) is 6.07 Å². The zero-order chi connectivity index (χ0) is 12.7. The summed E-state index contributed by atoms with van der Waals surface area (Å²) in [6.45, 7) is 7.99. The van der Waals surface area contributed by atoms with E-state index in [-0.39, 0.29) is 11.8 Å². The standard InChI is InChI=1S/C14H19NO2/c1-7(2)14(17)11-5-10-6-12(16)15-13(10)9(4)8(11)3/h5,7,14,17H,6H2,1-4H3,(H,15,16). The first kappa shape index (κ1) is 12.1. The molecule has 0 aromatic heterocycles. The van der Waals surface area contributed by atoms with Crippen molar-refractivity contribution < 1.29 is 9.90 Å². The number of rotatable bonds is 2. The summed E-state index contributed by atoms with van der Waals surface area (Å²) in [6.07, 6.45) is -0.0384. The van der Waals surface area contributed by atoms with Crippen molar-refractivity contribution in [1.29, 1.82) is 0 Å². The Kier molecular flexibility index (Phi) is 2.96. The quantitative estimate of drug-likeness (QED) is 0.824. The number of hydrogen-bond acceptors (Lipinski definition) is 2. The first-order valence-electron chi connectivity index (χ1n) is 6.02. The third-order valence-electron chi connectivity index (χ3n) is 3.59. The number of aliphatic hydroxyl groups is 1. The second-order valence-corrected chi connectivity index (χ2v) is 5.16. The van der Waals surface area contributed by atoms with Crippen molar-refractivity contribution in [3.63, 3.8) is 0 Å². The lowest BCUT2D eigenvalue weighted by Crippen LogP contribution is -2.09. The molecule has 0 aliphatic carbocycles. The van der Waals surface area contributed by atoms with E-state index in [1.807, 2.05) is 33.8 Å². The van der Waals surface area contributed by atoms with Crippen LogP contribution in [0.3, 0.4) is 0 Å². The van der Waals surface area contributed by atoms with E-state index < -0.39 is 6.10 Å². The van der Waals surface area contributed by atoms with Gasteiger partial charge >= 0.3 is 0 Å². The SMILES string of the molecule is Cc1c(C(O)C(C)C)cc2c(c1C)NC(=O)C2. The summed E-state index contributed by atoms with van der Waals surface area (Å²) in [5, 5.41) is 13.1. The molecule has 1 amide bonds. The van der Waals surface area contributed by atoms with Crippen molar-refractivity contribution in [2.24, 2.45) is 5.92 Å². The Morgan fingerprint density at radius 2 is 1.94 bits per heavy atom. The van der Waals surface area contributed by atoms with E-state index >= 15 is 0 Å². The third-order valence-corrected chi connectivity index (χ3v) is 3.59. The van der Waals surface area contributed by atoms with Crippen LogP contribution in [0.1, 0.15) is 42.2 Å². The highest BCUT2D eigenvalue weighted by Crippen LogP contribution is 2.35. The zero-order valence-electron chi connectivity index (χ0n) is 10.8. The molecule has 2 N–H and O–H groups in total. The molecule has 1 aliphatic heterocycles. The maximum atomic E-state index is 11.4. The lowest BCUT2D eigenvalue weighted by atomic mass is 9.90. The van der Waals surface area contributed by atoms with Gasteiger partial charge < -0.3 is 10.4 Å². The Morgan fingerprint density at radius 1 is 1.29 bits per heavy atom. The van der Waals surface area contributed by atoms with E-state index in [2.05, 4.69) is 5.32 Å². The molecule has 17 heavy (non-hydrogen) atoms. The summed E-state index contributed by atoms with van der Waals surface area (Å²) in [5.74, 6) is 0.218. The molecule has 1 heterocycles. The highest BCUT2D eigenvalue weighted by atomic mass is 16.3. The molecule has 0 spiro atoms. The molecule has 0 saturated carbocycles. The van der Waals surface area contributed by atoms with Crippen molar-refractivity contribution in [3.8, 4) is 0 Å². The molecule has 0 bridgehead atoms. The molecule has 0 radical (unpaired) electrons. The van der Waals surface area contributed by atoms with E-state index in [1.165, 1.54) is 0 Å². The first-order valence-corrected chi connectivity index (χ1v) is 6.02. The molecular weight excluding hydrogens is 214 g/mol. The van der Waals surface area contributed by atoms with Crippen molar-refractivity contribution in [2.75, 3.05) is 5.32 Å². The average Bonchev–Trinajstić information content (AvgIpc) is 2.63. The van der Waals surface area contributed by atoms with Crippen molar-refractivity contribution >= 4 is 11.6 Å². The number of amides is 1. The number of nitrogens with one attached hydrogen (secondary N) is 1. The van der Waals surface area contributed by atoms with Gasteiger partial charge in [-0.2, -0.15) is 0 Å². The molecule has 1 aliphatic rings. The zero-order valence-corrected chi connectivity index (χ0v) is 10.8. The van der Waals surface area contributed by atoms with Gasteiger partial charge in [0, 0.05) is 5.69 Å². The van der Waals surface area contributed by atoms with E-state index in [9.17, 15) is 9.90 Å². The van der Waals surface area contributed by atoms with E-state index in [4.69, 9.17) is 0 Å². The number of benzene rings is 1. The lowest BCUT2D eigenvalue weighted by Gasteiger charge is -2.20. The molecule has 1 aromatic rings. The molecular formula is C14H19NO2. The van der Waals surface area contributed by atoms with Crippen LogP contribution >= 0.6 is 0 Å². The summed E-state index contributed by atoms with van der Waals surface area (Å²) in [7, 11) is 0. The molecule has 1 atom stereocenters. The lowest BCUT2D eigenvalue weighted by molar-refractivity contribution is -0.115. The second-order valence-electron chi connectivity index (χ2n) is 5.16. The van der Waals surface area contributed by atoms with Gasteiger partial charge in [0.15, 0.2) is 0 Å².